The van der Waals surface area contributed by atoms with Gasteiger partial charge in [-0.1, -0.05) is 50.2 Å². The van der Waals surface area contributed by atoms with Crippen molar-refractivity contribution in [1.29, 1.82) is 0 Å². The molecule has 132 valence electrons. The molecule has 25 heavy (non-hydrogen) atoms. The summed E-state index contributed by atoms with van der Waals surface area (Å²) < 4.78 is 0. The molecule has 0 aromatic heterocycles. The molecule has 3 rings (SSSR count). The zero-order valence-electron chi connectivity index (χ0n) is 15.1. The molecule has 1 amide bonds. The molecule has 1 aliphatic rings. The molecule has 0 unspecified atom stereocenters. The molecule has 0 radical (unpaired) electrons. The number of carbonyl (C=O) groups is 1. The SMILES string of the molecule is CC(C)c1ccccc1NC(=O)CN1CCN(c2ccccc2)CC1. The Bertz CT molecular complexity index is 691. The minimum atomic E-state index is 0.0706. The summed E-state index contributed by atoms with van der Waals surface area (Å²) in [5.41, 5.74) is 3.38. The first kappa shape index (κ1) is 17.5. The number of rotatable bonds is 5. The van der Waals surface area contributed by atoms with Crippen molar-refractivity contribution in [2.24, 2.45) is 0 Å². The van der Waals surface area contributed by atoms with E-state index in [-0.39, 0.29) is 5.91 Å². The number of carbonyl (C=O) groups excluding carboxylic acids is 1. The van der Waals surface area contributed by atoms with E-state index >= 15 is 0 Å². The fourth-order valence-electron chi connectivity index (χ4n) is 3.31. The molecule has 1 heterocycles. The molecule has 1 N–H and O–H groups in total. The highest BCUT2D eigenvalue weighted by atomic mass is 16.2. The van der Waals surface area contributed by atoms with Crippen molar-refractivity contribution >= 4 is 17.3 Å². The highest BCUT2D eigenvalue weighted by Crippen LogP contribution is 2.23. The molecule has 0 bridgehead atoms. The number of nitrogens with one attached hydrogen (secondary N) is 1. The average molecular weight is 337 g/mol. The Balaban J connectivity index is 1.52. The zero-order chi connectivity index (χ0) is 17.6. The number of piperazine rings is 1. The minimum absolute atomic E-state index is 0.0706. The maximum Gasteiger partial charge on any atom is 0.238 e. The molecule has 0 spiro atoms. The van der Waals surface area contributed by atoms with Crippen LogP contribution in [-0.2, 0) is 4.79 Å². The van der Waals surface area contributed by atoms with E-state index in [1.54, 1.807) is 0 Å². The van der Waals surface area contributed by atoms with Gasteiger partial charge >= 0.3 is 0 Å². The summed E-state index contributed by atoms with van der Waals surface area (Å²) in [6, 6.07) is 18.5. The molecule has 1 saturated heterocycles. The summed E-state index contributed by atoms with van der Waals surface area (Å²) in [4.78, 5) is 17.0. The largest absolute Gasteiger partial charge is 0.369 e. The smallest absolute Gasteiger partial charge is 0.238 e. The number of nitrogens with zero attached hydrogens (tertiary/aromatic N) is 2. The Kier molecular flexibility index (Phi) is 5.71. The Morgan fingerprint density at radius 1 is 0.960 bits per heavy atom. The predicted octanol–water partition coefficient (Wildman–Crippen LogP) is 3.57. The van der Waals surface area contributed by atoms with Gasteiger partial charge in [-0.15, -0.1) is 0 Å². The van der Waals surface area contributed by atoms with Crippen molar-refractivity contribution in [1.82, 2.24) is 4.90 Å². The van der Waals surface area contributed by atoms with Gasteiger partial charge in [-0.25, -0.2) is 0 Å². The molecule has 1 aliphatic heterocycles. The maximum absolute atomic E-state index is 12.4. The quantitative estimate of drug-likeness (QED) is 0.906. The van der Waals surface area contributed by atoms with Crippen LogP contribution in [0.3, 0.4) is 0 Å². The number of benzene rings is 2. The van der Waals surface area contributed by atoms with E-state index < -0.39 is 0 Å². The van der Waals surface area contributed by atoms with Gasteiger partial charge in [0.05, 0.1) is 6.54 Å². The molecular weight excluding hydrogens is 310 g/mol. The first-order valence-electron chi connectivity index (χ1n) is 9.04. The summed E-state index contributed by atoms with van der Waals surface area (Å²) in [7, 11) is 0. The number of hydrogen-bond donors (Lipinski definition) is 1. The lowest BCUT2D eigenvalue weighted by Crippen LogP contribution is -2.48. The van der Waals surface area contributed by atoms with E-state index in [0.29, 0.717) is 12.5 Å². The summed E-state index contributed by atoms with van der Waals surface area (Å²) >= 11 is 0. The third-order valence-electron chi connectivity index (χ3n) is 4.72. The van der Waals surface area contributed by atoms with Gasteiger partial charge < -0.3 is 10.2 Å². The van der Waals surface area contributed by atoms with Crippen LogP contribution in [0.15, 0.2) is 54.6 Å². The van der Waals surface area contributed by atoms with E-state index in [2.05, 4.69) is 59.3 Å². The van der Waals surface area contributed by atoms with Crippen LogP contribution < -0.4 is 10.2 Å². The van der Waals surface area contributed by atoms with Crippen molar-refractivity contribution < 1.29 is 4.79 Å². The summed E-state index contributed by atoms with van der Waals surface area (Å²) in [5, 5.41) is 3.09. The van der Waals surface area contributed by atoms with Gasteiger partial charge in [-0.2, -0.15) is 0 Å². The van der Waals surface area contributed by atoms with Crippen LogP contribution in [0.5, 0.6) is 0 Å². The van der Waals surface area contributed by atoms with Crippen LogP contribution in [0.2, 0.25) is 0 Å². The van der Waals surface area contributed by atoms with Crippen LogP contribution in [-0.4, -0.2) is 43.5 Å². The van der Waals surface area contributed by atoms with Gasteiger partial charge in [0.25, 0.3) is 0 Å². The normalized spacial score (nSPS) is 15.4. The third kappa shape index (κ3) is 4.60. The van der Waals surface area contributed by atoms with Crippen LogP contribution in [0.4, 0.5) is 11.4 Å². The summed E-state index contributed by atoms with van der Waals surface area (Å²) in [5.74, 6) is 0.465. The first-order chi connectivity index (χ1) is 12.1. The van der Waals surface area contributed by atoms with E-state index in [9.17, 15) is 4.79 Å². The summed E-state index contributed by atoms with van der Waals surface area (Å²) in [6.45, 7) is 8.48. The van der Waals surface area contributed by atoms with Gasteiger partial charge in [0, 0.05) is 37.6 Å². The van der Waals surface area contributed by atoms with Crippen molar-refractivity contribution in [2.45, 2.75) is 19.8 Å². The molecule has 2 aromatic rings. The molecule has 4 nitrogen and oxygen atoms in total. The van der Waals surface area contributed by atoms with Crippen LogP contribution in [0.1, 0.15) is 25.3 Å². The second kappa shape index (κ2) is 8.17. The molecule has 0 atom stereocenters. The van der Waals surface area contributed by atoms with Crippen molar-refractivity contribution in [2.75, 3.05) is 42.9 Å². The first-order valence-corrected chi connectivity index (χ1v) is 9.04. The lowest BCUT2D eigenvalue weighted by molar-refractivity contribution is -0.117. The fourth-order valence-corrected chi connectivity index (χ4v) is 3.31. The predicted molar refractivity (Wildman–Crippen MR) is 104 cm³/mol. The Morgan fingerprint density at radius 3 is 2.28 bits per heavy atom. The highest BCUT2D eigenvalue weighted by molar-refractivity contribution is 5.93. The van der Waals surface area contributed by atoms with Crippen LogP contribution in [0.25, 0.3) is 0 Å². The van der Waals surface area contributed by atoms with E-state index in [4.69, 9.17) is 0 Å². The Labute approximate surface area is 150 Å². The lowest BCUT2D eigenvalue weighted by atomic mass is 10.0. The molecule has 2 aromatic carbocycles. The van der Waals surface area contributed by atoms with Gasteiger partial charge in [0.15, 0.2) is 0 Å². The standard InChI is InChI=1S/C21H27N3O/c1-17(2)19-10-6-7-11-20(19)22-21(25)16-23-12-14-24(15-13-23)18-8-4-3-5-9-18/h3-11,17H,12-16H2,1-2H3,(H,22,25). The van der Waals surface area contributed by atoms with Gasteiger partial charge in [-0.05, 0) is 29.7 Å². The highest BCUT2D eigenvalue weighted by Gasteiger charge is 2.19. The van der Waals surface area contributed by atoms with E-state index in [0.717, 1.165) is 31.9 Å². The minimum Gasteiger partial charge on any atom is -0.369 e. The van der Waals surface area contributed by atoms with E-state index in [1.165, 1.54) is 11.3 Å². The van der Waals surface area contributed by atoms with Crippen molar-refractivity contribution in [3.8, 4) is 0 Å². The third-order valence-corrected chi connectivity index (χ3v) is 4.72. The number of amides is 1. The number of hydrogen-bond acceptors (Lipinski definition) is 3. The molecule has 0 aliphatic carbocycles. The van der Waals surface area contributed by atoms with Gasteiger partial charge in [0.1, 0.15) is 0 Å². The number of para-hydroxylation sites is 2. The van der Waals surface area contributed by atoms with Crippen molar-refractivity contribution in [3.63, 3.8) is 0 Å². The van der Waals surface area contributed by atoms with E-state index in [1.807, 2.05) is 24.3 Å². The molecule has 1 fully saturated rings. The monoisotopic (exact) mass is 337 g/mol. The number of anilines is 2. The molecular formula is C21H27N3O. The average Bonchev–Trinajstić information content (AvgIpc) is 2.63. The zero-order valence-corrected chi connectivity index (χ0v) is 15.1. The second-order valence-corrected chi connectivity index (χ2v) is 6.89. The Morgan fingerprint density at radius 2 is 1.60 bits per heavy atom. The fraction of sp³-hybridized carbons (Fsp3) is 0.381. The van der Waals surface area contributed by atoms with Gasteiger partial charge in [-0.3, -0.25) is 9.69 Å². The molecule has 4 heteroatoms. The molecule has 0 saturated carbocycles. The van der Waals surface area contributed by atoms with Crippen molar-refractivity contribution in [3.05, 3.63) is 60.2 Å². The van der Waals surface area contributed by atoms with Crippen LogP contribution >= 0.6 is 0 Å². The lowest BCUT2D eigenvalue weighted by Gasteiger charge is -2.35. The summed E-state index contributed by atoms with van der Waals surface area (Å²) in [6.07, 6.45) is 0. The second-order valence-electron chi connectivity index (χ2n) is 6.89. The Hall–Kier alpha value is -2.33. The van der Waals surface area contributed by atoms with Crippen LogP contribution in [0, 0.1) is 0 Å². The topological polar surface area (TPSA) is 35.6 Å². The maximum atomic E-state index is 12.4. The van der Waals surface area contributed by atoms with Gasteiger partial charge in [0.2, 0.25) is 5.91 Å².